The van der Waals surface area contributed by atoms with Crippen LogP contribution in [0.1, 0.15) is 175 Å². The zero-order valence-corrected chi connectivity index (χ0v) is 46.4. The van der Waals surface area contributed by atoms with Crippen LogP contribution < -0.4 is 0 Å². The van der Waals surface area contributed by atoms with Crippen LogP contribution in [-0.2, 0) is 42.2 Å². The molecule has 0 aromatic carbocycles. The van der Waals surface area contributed by atoms with E-state index in [9.17, 15) is 28.9 Å². The van der Waals surface area contributed by atoms with Gasteiger partial charge in [0.2, 0.25) is 0 Å². The SMILES string of the molecule is CC/C=C\C/C=C\C/C=C\C/C=C\C/C=C\CCCCCC(=O)OC(COC(=O)CCCCC/C=C\C/C=C\C/C=C\CC)COP(=O)(O)OCC(CO)OC(=O)C/C=C\C/C=C\C/C=C\C/C=C\C/C=C\CC. The number of phosphoric acid groups is 1. The van der Waals surface area contributed by atoms with Crippen molar-refractivity contribution in [2.45, 2.75) is 187 Å². The lowest BCUT2D eigenvalue weighted by atomic mass is 10.1. The maximum atomic E-state index is 12.9. The molecule has 0 fully saturated rings. The van der Waals surface area contributed by atoms with Crippen molar-refractivity contribution >= 4 is 25.7 Å². The lowest BCUT2D eigenvalue weighted by molar-refractivity contribution is -0.161. The second-order valence-corrected chi connectivity index (χ2v) is 18.7. The second kappa shape index (κ2) is 54.4. The summed E-state index contributed by atoms with van der Waals surface area (Å²) in [6.45, 7) is 4.07. The molecule has 74 heavy (non-hydrogen) atoms. The van der Waals surface area contributed by atoms with Crippen LogP contribution in [0.25, 0.3) is 0 Å². The van der Waals surface area contributed by atoms with Gasteiger partial charge >= 0.3 is 25.7 Å². The Hall–Kier alpha value is -4.90. The number of unbranched alkanes of at least 4 members (excludes halogenated alkanes) is 6. The molecule has 3 unspecified atom stereocenters. The molecule has 0 aromatic heterocycles. The van der Waals surface area contributed by atoms with Crippen molar-refractivity contribution in [3.63, 3.8) is 0 Å². The van der Waals surface area contributed by atoms with Crippen molar-refractivity contribution < 1.29 is 52.2 Å². The first-order chi connectivity index (χ1) is 36.2. The Morgan fingerprint density at radius 2 is 0.716 bits per heavy atom. The highest BCUT2D eigenvalue weighted by molar-refractivity contribution is 7.47. The maximum Gasteiger partial charge on any atom is 0.472 e. The minimum atomic E-state index is -4.80. The summed E-state index contributed by atoms with van der Waals surface area (Å²) >= 11 is 0. The van der Waals surface area contributed by atoms with Crippen molar-refractivity contribution in [2.75, 3.05) is 26.4 Å². The van der Waals surface area contributed by atoms with Gasteiger partial charge in [-0.1, -0.05) is 192 Å². The third kappa shape index (κ3) is 52.0. The molecular weight excluding hydrogens is 952 g/mol. The lowest BCUT2D eigenvalue weighted by Gasteiger charge is -2.21. The van der Waals surface area contributed by atoms with Crippen LogP contribution in [0.2, 0.25) is 0 Å². The van der Waals surface area contributed by atoms with Gasteiger partial charge in [0.05, 0.1) is 26.2 Å². The quantitative estimate of drug-likeness (QED) is 0.0197. The number of aliphatic hydroxyl groups excluding tert-OH is 1. The summed E-state index contributed by atoms with van der Waals surface area (Å²) < 4.78 is 39.3. The third-order valence-corrected chi connectivity index (χ3v) is 11.4. The van der Waals surface area contributed by atoms with E-state index < -0.39 is 57.8 Å². The minimum Gasteiger partial charge on any atom is -0.462 e. The highest BCUT2D eigenvalue weighted by Gasteiger charge is 2.28. The number of carbonyl (C=O) groups is 3. The highest BCUT2D eigenvalue weighted by Crippen LogP contribution is 2.43. The standard InChI is InChI=1S/C62H95O11P/c1-4-7-10-13-16-19-22-25-27-28-29-30-32-35-38-41-44-47-50-53-62(66)73-59(55-69-60(64)51-48-45-42-39-36-33-24-21-18-15-12-9-6-3)57-71-74(67,68)70-56-58(54-63)72-61(65)52-49-46-43-40-37-34-31-26-23-20-17-14-11-8-5-2/h7-12,16-21,25-27,29-31,33,35-38,40,46,49,58-59,63H,4-6,13-15,22-24,28,32,34,39,41-45,47-48,50-57H2,1-3H3,(H,67,68)/b10-7-,11-8-,12-9-,19-16-,20-17-,21-18-,27-25-,30-29-,31-26-,36-33-,38-35-,40-37-,49-46-. The fourth-order valence-electron chi connectivity index (χ4n) is 6.41. The summed E-state index contributed by atoms with van der Waals surface area (Å²) in [6.07, 6.45) is 71.0. The molecule has 0 bridgehead atoms. The van der Waals surface area contributed by atoms with Gasteiger partial charge in [-0.2, -0.15) is 0 Å². The molecule has 0 aliphatic rings. The molecule has 0 rings (SSSR count). The van der Waals surface area contributed by atoms with Crippen LogP contribution in [0.4, 0.5) is 0 Å². The topological polar surface area (TPSA) is 155 Å². The van der Waals surface area contributed by atoms with Crippen LogP contribution in [0, 0.1) is 0 Å². The number of phosphoric ester groups is 1. The van der Waals surface area contributed by atoms with Gasteiger partial charge in [-0.25, -0.2) is 4.57 Å². The molecule has 3 atom stereocenters. The van der Waals surface area contributed by atoms with Crippen molar-refractivity contribution in [2.24, 2.45) is 0 Å². The summed E-state index contributed by atoms with van der Waals surface area (Å²) in [5.41, 5.74) is 0. The van der Waals surface area contributed by atoms with E-state index in [0.29, 0.717) is 19.3 Å². The Bertz CT molecular complexity index is 1840. The summed E-state index contributed by atoms with van der Waals surface area (Å²) in [6, 6.07) is 0. The van der Waals surface area contributed by atoms with Crippen LogP contribution in [0.15, 0.2) is 158 Å². The number of hydrogen-bond donors (Lipinski definition) is 2. The van der Waals surface area contributed by atoms with E-state index in [1.165, 1.54) is 0 Å². The predicted molar refractivity (Wildman–Crippen MR) is 306 cm³/mol. The molecule has 0 radical (unpaired) electrons. The summed E-state index contributed by atoms with van der Waals surface area (Å²) in [7, 11) is -4.80. The first kappa shape index (κ1) is 69.1. The molecular formula is C62H95O11P. The van der Waals surface area contributed by atoms with E-state index in [4.69, 9.17) is 23.3 Å². The van der Waals surface area contributed by atoms with E-state index in [0.717, 1.165) is 116 Å². The van der Waals surface area contributed by atoms with Crippen LogP contribution in [0.5, 0.6) is 0 Å². The minimum absolute atomic E-state index is 0.0689. The molecule has 11 nitrogen and oxygen atoms in total. The zero-order chi connectivity index (χ0) is 54.1. The first-order valence-electron chi connectivity index (χ1n) is 27.4. The highest BCUT2D eigenvalue weighted by atomic mass is 31.2. The predicted octanol–water partition coefficient (Wildman–Crippen LogP) is 16.1. The van der Waals surface area contributed by atoms with Crippen LogP contribution in [-0.4, -0.2) is 66.5 Å². The van der Waals surface area contributed by atoms with Gasteiger partial charge in [-0.3, -0.25) is 23.4 Å². The molecule has 0 heterocycles. The van der Waals surface area contributed by atoms with E-state index in [-0.39, 0.29) is 25.9 Å². The number of rotatable bonds is 48. The average molecular weight is 1050 g/mol. The molecule has 0 saturated heterocycles. The van der Waals surface area contributed by atoms with E-state index in [1.54, 1.807) is 6.08 Å². The molecule has 0 aliphatic carbocycles. The van der Waals surface area contributed by atoms with Gasteiger partial charge in [0.15, 0.2) is 6.10 Å². The molecule has 0 saturated carbocycles. The van der Waals surface area contributed by atoms with Gasteiger partial charge in [-0.05, 0) is 122 Å². The number of esters is 3. The van der Waals surface area contributed by atoms with Crippen molar-refractivity contribution in [3.8, 4) is 0 Å². The normalized spacial score (nSPS) is 14.6. The summed E-state index contributed by atoms with van der Waals surface area (Å²) in [5.74, 6) is -1.70. The Labute approximate surface area is 447 Å². The Kier molecular flexibility index (Phi) is 50.8. The Balaban J connectivity index is 4.93. The lowest BCUT2D eigenvalue weighted by Crippen LogP contribution is -2.30. The van der Waals surface area contributed by atoms with Crippen molar-refractivity contribution in [1.82, 2.24) is 0 Å². The zero-order valence-electron chi connectivity index (χ0n) is 45.5. The van der Waals surface area contributed by atoms with Gasteiger partial charge in [-0.15, -0.1) is 0 Å². The van der Waals surface area contributed by atoms with E-state index in [2.05, 4.69) is 154 Å². The molecule has 0 aliphatic heterocycles. The first-order valence-corrected chi connectivity index (χ1v) is 28.9. The largest absolute Gasteiger partial charge is 0.472 e. The fraction of sp³-hybridized carbons (Fsp3) is 0.532. The smallest absolute Gasteiger partial charge is 0.462 e. The maximum absolute atomic E-state index is 12.9. The van der Waals surface area contributed by atoms with Gasteiger partial charge < -0.3 is 24.2 Å². The number of allylic oxidation sites excluding steroid dienone is 25. The van der Waals surface area contributed by atoms with E-state index in [1.807, 2.05) is 18.2 Å². The fourth-order valence-corrected chi connectivity index (χ4v) is 7.19. The molecule has 2 N–H and O–H groups in total. The Morgan fingerprint density at radius 3 is 1.09 bits per heavy atom. The number of ether oxygens (including phenoxy) is 3. The van der Waals surface area contributed by atoms with Crippen molar-refractivity contribution in [1.29, 1.82) is 0 Å². The van der Waals surface area contributed by atoms with Crippen LogP contribution >= 0.6 is 7.82 Å². The second-order valence-electron chi connectivity index (χ2n) is 17.3. The van der Waals surface area contributed by atoms with Gasteiger partial charge in [0.25, 0.3) is 0 Å². The number of hydrogen-bond acceptors (Lipinski definition) is 10. The monoisotopic (exact) mass is 1050 g/mol. The summed E-state index contributed by atoms with van der Waals surface area (Å²) in [5, 5.41) is 9.78. The average Bonchev–Trinajstić information content (AvgIpc) is 3.39. The molecule has 0 spiro atoms. The molecule has 12 heteroatoms. The molecule has 0 aromatic rings. The van der Waals surface area contributed by atoms with Crippen molar-refractivity contribution in [3.05, 3.63) is 158 Å². The van der Waals surface area contributed by atoms with E-state index >= 15 is 0 Å². The molecule has 414 valence electrons. The number of aliphatic hydroxyl groups is 1. The van der Waals surface area contributed by atoms with Crippen LogP contribution in [0.3, 0.4) is 0 Å². The third-order valence-electron chi connectivity index (χ3n) is 10.5. The van der Waals surface area contributed by atoms with Gasteiger partial charge in [0, 0.05) is 12.8 Å². The summed E-state index contributed by atoms with van der Waals surface area (Å²) in [4.78, 5) is 48.4. The van der Waals surface area contributed by atoms with Gasteiger partial charge in [0.1, 0.15) is 12.7 Å². The molecule has 0 amide bonds. The number of carbonyl (C=O) groups excluding carboxylic acids is 3. The Morgan fingerprint density at radius 1 is 0.392 bits per heavy atom.